The molecule has 4 rings (SSSR count). The molecule has 0 amide bonds. The minimum Gasteiger partial charge on any atom is -0.321 e. The van der Waals surface area contributed by atoms with Crippen molar-refractivity contribution in [2.45, 2.75) is 50.2 Å². The zero-order chi connectivity index (χ0) is 19.4. The molecule has 4 nitrogen and oxygen atoms in total. The number of rotatable bonds is 3. The molecule has 1 atom stereocenters. The van der Waals surface area contributed by atoms with Crippen molar-refractivity contribution in [3.8, 4) is 11.3 Å². The first-order valence-electron chi connectivity index (χ1n) is 8.66. The molecule has 1 unspecified atom stereocenters. The normalized spacial score (nSPS) is 21.7. The van der Waals surface area contributed by atoms with E-state index in [1.807, 2.05) is 0 Å². The van der Waals surface area contributed by atoms with Gasteiger partial charge in [-0.15, -0.1) is 0 Å². The van der Waals surface area contributed by atoms with Crippen molar-refractivity contribution in [1.29, 1.82) is 0 Å². The van der Waals surface area contributed by atoms with Crippen molar-refractivity contribution in [1.82, 2.24) is 14.5 Å². The maximum Gasteiger partial charge on any atom is 0.433 e. The van der Waals surface area contributed by atoms with Gasteiger partial charge in [0.05, 0.1) is 30.0 Å². The van der Waals surface area contributed by atoms with Gasteiger partial charge in [0, 0.05) is 30.7 Å². The van der Waals surface area contributed by atoms with Gasteiger partial charge in [0.1, 0.15) is 11.5 Å². The zero-order valence-corrected chi connectivity index (χ0v) is 14.1. The molecule has 27 heavy (non-hydrogen) atoms. The summed E-state index contributed by atoms with van der Waals surface area (Å²) in [5.41, 5.74) is 0.263. The molecule has 0 N–H and O–H groups in total. The third-order valence-corrected chi connectivity index (χ3v) is 5.38. The molecule has 0 bridgehead atoms. The Morgan fingerprint density at radius 1 is 1.22 bits per heavy atom. The van der Waals surface area contributed by atoms with Gasteiger partial charge in [-0.05, 0) is 25.0 Å². The van der Waals surface area contributed by atoms with Crippen molar-refractivity contribution < 1.29 is 26.7 Å². The van der Waals surface area contributed by atoms with Crippen molar-refractivity contribution >= 4 is 5.78 Å². The van der Waals surface area contributed by atoms with E-state index in [0.717, 1.165) is 6.07 Å². The van der Waals surface area contributed by atoms with Crippen molar-refractivity contribution in [2.24, 2.45) is 5.92 Å². The SMILES string of the molecule is O=C(CC1c2nc(C(F)(F)F)ccc2-c2cncn21)C1CCC(F)(F)CC1. The number of ketones is 1. The van der Waals surface area contributed by atoms with Gasteiger partial charge in [-0.1, -0.05) is 0 Å². The summed E-state index contributed by atoms with van der Waals surface area (Å²) in [5, 5.41) is 0. The molecular weight excluding hydrogens is 369 g/mol. The fraction of sp³-hybridized carbons (Fsp3) is 0.500. The van der Waals surface area contributed by atoms with Crippen LogP contribution in [0.25, 0.3) is 11.3 Å². The quantitative estimate of drug-likeness (QED) is 0.723. The van der Waals surface area contributed by atoms with Crippen LogP contribution < -0.4 is 0 Å². The second kappa shape index (κ2) is 6.10. The van der Waals surface area contributed by atoms with E-state index >= 15 is 0 Å². The smallest absolute Gasteiger partial charge is 0.321 e. The van der Waals surface area contributed by atoms with Gasteiger partial charge in [0.2, 0.25) is 5.92 Å². The van der Waals surface area contributed by atoms with Crippen LogP contribution in [0.15, 0.2) is 24.7 Å². The molecule has 3 heterocycles. The Hall–Kier alpha value is -2.32. The predicted octanol–water partition coefficient (Wildman–Crippen LogP) is 4.65. The van der Waals surface area contributed by atoms with E-state index in [1.54, 1.807) is 4.57 Å². The van der Waals surface area contributed by atoms with E-state index in [4.69, 9.17) is 0 Å². The monoisotopic (exact) mass is 385 g/mol. The van der Waals surface area contributed by atoms with Crippen LogP contribution in [0.1, 0.15) is 49.5 Å². The van der Waals surface area contributed by atoms with E-state index < -0.39 is 29.8 Å². The number of halogens is 5. The lowest BCUT2D eigenvalue weighted by Crippen LogP contribution is -2.29. The topological polar surface area (TPSA) is 47.8 Å². The molecule has 2 aromatic rings. The molecule has 9 heteroatoms. The molecule has 1 aliphatic carbocycles. The predicted molar refractivity (Wildman–Crippen MR) is 85.1 cm³/mol. The van der Waals surface area contributed by atoms with Crippen LogP contribution in [0.3, 0.4) is 0 Å². The van der Waals surface area contributed by atoms with Crippen LogP contribution in [0.5, 0.6) is 0 Å². The zero-order valence-electron chi connectivity index (χ0n) is 14.1. The highest BCUT2D eigenvalue weighted by atomic mass is 19.4. The Morgan fingerprint density at radius 3 is 2.59 bits per heavy atom. The van der Waals surface area contributed by atoms with Gasteiger partial charge in [0.15, 0.2) is 0 Å². The van der Waals surface area contributed by atoms with Gasteiger partial charge < -0.3 is 4.57 Å². The number of fused-ring (bicyclic) bond motifs is 3. The van der Waals surface area contributed by atoms with Crippen LogP contribution in [-0.2, 0) is 11.0 Å². The van der Waals surface area contributed by atoms with Crippen LogP contribution in [0.4, 0.5) is 22.0 Å². The molecule has 0 radical (unpaired) electrons. The van der Waals surface area contributed by atoms with E-state index in [0.29, 0.717) is 11.3 Å². The van der Waals surface area contributed by atoms with Gasteiger partial charge in [0.25, 0.3) is 0 Å². The lowest BCUT2D eigenvalue weighted by Gasteiger charge is -2.28. The summed E-state index contributed by atoms with van der Waals surface area (Å²) in [6.07, 6.45) is -2.18. The van der Waals surface area contributed by atoms with E-state index in [2.05, 4.69) is 9.97 Å². The second-order valence-electron chi connectivity index (χ2n) is 7.13. The number of Topliss-reactive ketones (excluding diaryl/α,β-unsaturated/α-hetero) is 1. The fourth-order valence-electron chi connectivity index (χ4n) is 3.91. The van der Waals surface area contributed by atoms with Gasteiger partial charge in [-0.3, -0.25) is 4.79 Å². The average molecular weight is 385 g/mol. The first-order chi connectivity index (χ1) is 12.7. The minimum absolute atomic E-state index is 0.0824. The number of alkyl halides is 5. The molecular formula is C18H16F5N3O. The third-order valence-electron chi connectivity index (χ3n) is 5.38. The second-order valence-corrected chi connectivity index (χ2v) is 7.13. The van der Waals surface area contributed by atoms with Crippen molar-refractivity contribution in [3.63, 3.8) is 0 Å². The van der Waals surface area contributed by atoms with Crippen molar-refractivity contribution in [3.05, 3.63) is 36.0 Å². The van der Waals surface area contributed by atoms with Crippen LogP contribution in [-0.4, -0.2) is 26.2 Å². The summed E-state index contributed by atoms with van der Waals surface area (Å²) >= 11 is 0. The number of pyridine rings is 1. The maximum atomic E-state index is 13.3. The molecule has 1 saturated carbocycles. The summed E-state index contributed by atoms with van der Waals surface area (Å²) in [6.45, 7) is 0. The lowest BCUT2D eigenvalue weighted by atomic mass is 9.82. The van der Waals surface area contributed by atoms with Crippen LogP contribution in [0, 0.1) is 5.92 Å². The molecule has 1 fully saturated rings. The molecule has 0 saturated heterocycles. The number of carbonyl (C=O) groups is 1. The van der Waals surface area contributed by atoms with E-state index in [-0.39, 0.29) is 43.6 Å². The minimum atomic E-state index is -4.59. The summed E-state index contributed by atoms with van der Waals surface area (Å²) < 4.78 is 67.4. The third kappa shape index (κ3) is 3.23. The van der Waals surface area contributed by atoms with Gasteiger partial charge in [-0.25, -0.2) is 18.7 Å². The standard InChI is InChI=1S/C18H16F5N3O/c19-17(20)5-3-10(4-6-17)14(27)7-12-16-11(13-8-24-9-26(12)13)1-2-15(25-16)18(21,22)23/h1-2,8-10,12H,3-7H2. The first-order valence-corrected chi connectivity index (χ1v) is 8.66. The Kier molecular flexibility index (Phi) is 4.08. The largest absolute Gasteiger partial charge is 0.433 e. The Balaban J connectivity index is 1.61. The number of nitrogens with zero attached hydrogens (tertiary/aromatic N) is 3. The number of carbonyl (C=O) groups excluding carboxylic acids is 1. The highest BCUT2D eigenvalue weighted by molar-refractivity contribution is 5.83. The van der Waals surface area contributed by atoms with Gasteiger partial charge in [-0.2, -0.15) is 13.2 Å². The van der Waals surface area contributed by atoms with E-state index in [9.17, 15) is 26.7 Å². The molecule has 144 valence electrons. The molecule has 0 aromatic carbocycles. The highest BCUT2D eigenvalue weighted by Gasteiger charge is 2.40. The highest BCUT2D eigenvalue weighted by Crippen LogP contribution is 2.43. The van der Waals surface area contributed by atoms with Crippen LogP contribution in [0.2, 0.25) is 0 Å². The average Bonchev–Trinajstić information content (AvgIpc) is 3.16. The number of hydrogen-bond donors (Lipinski definition) is 0. The lowest BCUT2D eigenvalue weighted by molar-refractivity contribution is -0.141. The molecule has 2 aromatic heterocycles. The Labute approximate surface area is 151 Å². The fourth-order valence-corrected chi connectivity index (χ4v) is 3.91. The van der Waals surface area contributed by atoms with E-state index in [1.165, 1.54) is 18.6 Å². The summed E-state index contributed by atoms with van der Waals surface area (Å²) in [4.78, 5) is 20.4. The molecule has 1 aliphatic heterocycles. The van der Waals surface area contributed by atoms with Crippen LogP contribution >= 0.6 is 0 Å². The number of imidazole rings is 1. The Morgan fingerprint density at radius 2 is 1.93 bits per heavy atom. The summed E-state index contributed by atoms with van der Waals surface area (Å²) in [7, 11) is 0. The van der Waals surface area contributed by atoms with Gasteiger partial charge >= 0.3 is 6.18 Å². The molecule has 0 spiro atoms. The number of aromatic nitrogens is 3. The Bertz CT molecular complexity index is 879. The molecule has 2 aliphatic rings. The summed E-state index contributed by atoms with van der Waals surface area (Å²) in [6, 6.07) is 1.54. The van der Waals surface area contributed by atoms with Crippen molar-refractivity contribution in [2.75, 3.05) is 0 Å². The summed E-state index contributed by atoms with van der Waals surface area (Å²) in [5.74, 6) is -3.45. The maximum absolute atomic E-state index is 13.3. The number of hydrogen-bond acceptors (Lipinski definition) is 3. The first kappa shape index (κ1) is 18.1.